The Morgan fingerprint density at radius 1 is 1.15 bits per heavy atom. The highest BCUT2D eigenvalue weighted by molar-refractivity contribution is 7.93. The van der Waals surface area contributed by atoms with Gasteiger partial charge in [0.2, 0.25) is 5.91 Å². The van der Waals surface area contributed by atoms with E-state index in [-0.39, 0.29) is 24.8 Å². The van der Waals surface area contributed by atoms with Crippen LogP contribution in [-0.4, -0.2) is 70.2 Å². The minimum absolute atomic E-state index is 0.0690. The summed E-state index contributed by atoms with van der Waals surface area (Å²) in [6.07, 6.45) is 4.61. The molecular formula is C17H30N2O6S. The van der Waals surface area contributed by atoms with Gasteiger partial charge in [-0.25, -0.2) is 8.42 Å². The number of hydrogen-bond donors (Lipinski definition) is 2. The van der Waals surface area contributed by atoms with Crippen molar-refractivity contribution < 1.29 is 27.5 Å². The zero-order chi connectivity index (χ0) is 19.2. The lowest BCUT2D eigenvalue weighted by Crippen LogP contribution is -2.60. The summed E-state index contributed by atoms with van der Waals surface area (Å²) in [5, 5.41) is 4.85. The Labute approximate surface area is 155 Å². The van der Waals surface area contributed by atoms with Crippen LogP contribution in [-0.2, 0) is 28.9 Å². The summed E-state index contributed by atoms with van der Waals surface area (Å²) >= 11 is 0. The van der Waals surface area contributed by atoms with Gasteiger partial charge in [-0.05, 0) is 25.7 Å². The third kappa shape index (κ3) is 5.17. The van der Waals surface area contributed by atoms with Crippen molar-refractivity contribution in [1.29, 1.82) is 0 Å². The van der Waals surface area contributed by atoms with Crippen molar-refractivity contribution >= 4 is 21.7 Å². The molecule has 2 fully saturated rings. The Balaban J connectivity index is 2.02. The molecule has 2 amide bonds. The highest BCUT2D eigenvalue weighted by atomic mass is 32.2. The summed E-state index contributed by atoms with van der Waals surface area (Å²) in [7, 11) is -0.397. The van der Waals surface area contributed by atoms with Crippen molar-refractivity contribution in [3.05, 3.63) is 0 Å². The van der Waals surface area contributed by atoms with Crippen LogP contribution >= 0.6 is 0 Å². The Morgan fingerprint density at radius 2 is 1.85 bits per heavy atom. The fraction of sp³-hybridized carbons (Fsp3) is 0.882. The standard InChI is InChI=1S/C17H30N2O6S/c1-24-11-13(25-2)15(20)19-17(8-4-3-5-9-17)12-18-16(21)14-7-6-10-26(14,22)23/h13-14H,3-12H2,1-2H3,(H,18,21)(H,19,20). The predicted molar refractivity (Wildman–Crippen MR) is 96.5 cm³/mol. The Morgan fingerprint density at radius 3 is 2.38 bits per heavy atom. The van der Waals surface area contributed by atoms with Gasteiger partial charge < -0.3 is 20.1 Å². The Bertz CT molecular complexity index is 600. The molecule has 1 saturated heterocycles. The maximum Gasteiger partial charge on any atom is 0.252 e. The first-order valence-corrected chi connectivity index (χ1v) is 10.9. The van der Waals surface area contributed by atoms with Gasteiger partial charge >= 0.3 is 0 Å². The van der Waals surface area contributed by atoms with Crippen molar-refractivity contribution in [2.24, 2.45) is 0 Å². The highest BCUT2D eigenvalue weighted by Crippen LogP contribution is 2.28. The van der Waals surface area contributed by atoms with Crippen LogP contribution in [0.2, 0.25) is 0 Å². The quantitative estimate of drug-likeness (QED) is 0.611. The maximum absolute atomic E-state index is 12.5. The van der Waals surface area contributed by atoms with Crippen LogP contribution in [0.4, 0.5) is 0 Å². The lowest BCUT2D eigenvalue weighted by Gasteiger charge is -2.39. The average Bonchev–Trinajstić information content (AvgIpc) is 2.97. The first-order valence-electron chi connectivity index (χ1n) is 9.16. The van der Waals surface area contributed by atoms with Gasteiger partial charge in [-0.2, -0.15) is 0 Å². The Hall–Kier alpha value is -1.19. The van der Waals surface area contributed by atoms with Crippen LogP contribution < -0.4 is 10.6 Å². The number of carbonyl (C=O) groups is 2. The van der Waals surface area contributed by atoms with Crippen LogP contribution in [0.15, 0.2) is 0 Å². The molecule has 9 heteroatoms. The van der Waals surface area contributed by atoms with E-state index in [1.165, 1.54) is 14.2 Å². The number of rotatable bonds is 8. The molecule has 2 unspecified atom stereocenters. The molecule has 0 aromatic carbocycles. The number of nitrogens with one attached hydrogen (secondary N) is 2. The molecule has 2 N–H and O–H groups in total. The maximum atomic E-state index is 12.5. The summed E-state index contributed by atoms with van der Waals surface area (Å²) in [5.41, 5.74) is -0.572. The van der Waals surface area contributed by atoms with Crippen LogP contribution in [0, 0.1) is 0 Å². The third-order valence-corrected chi connectivity index (χ3v) is 7.49. The lowest BCUT2D eigenvalue weighted by atomic mass is 9.81. The number of carbonyl (C=O) groups excluding carboxylic acids is 2. The number of ether oxygens (including phenoxy) is 2. The van der Waals surface area contributed by atoms with E-state index in [4.69, 9.17) is 9.47 Å². The summed E-state index contributed by atoms with van der Waals surface area (Å²) in [4.78, 5) is 24.9. The lowest BCUT2D eigenvalue weighted by molar-refractivity contribution is -0.137. The van der Waals surface area contributed by atoms with Gasteiger partial charge in [-0.15, -0.1) is 0 Å². The molecule has 8 nitrogen and oxygen atoms in total. The first kappa shape index (κ1) is 21.1. The van der Waals surface area contributed by atoms with Gasteiger partial charge in [-0.1, -0.05) is 19.3 Å². The zero-order valence-electron chi connectivity index (χ0n) is 15.6. The molecule has 0 aromatic heterocycles. The topological polar surface area (TPSA) is 111 Å². The smallest absolute Gasteiger partial charge is 0.252 e. The average molecular weight is 391 g/mol. The van der Waals surface area contributed by atoms with Gasteiger partial charge in [0.05, 0.1) is 17.9 Å². The van der Waals surface area contributed by atoms with Crippen molar-refractivity contribution in [2.75, 3.05) is 33.1 Å². The van der Waals surface area contributed by atoms with Crippen LogP contribution in [0.5, 0.6) is 0 Å². The summed E-state index contributed by atoms with van der Waals surface area (Å²) in [6, 6.07) is 0. The van der Waals surface area contributed by atoms with Crippen LogP contribution in [0.1, 0.15) is 44.9 Å². The number of sulfone groups is 1. The van der Waals surface area contributed by atoms with E-state index in [0.717, 1.165) is 32.1 Å². The Kier molecular flexibility index (Phi) is 7.42. The molecule has 1 saturated carbocycles. The third-order valence-electron chi connectivity index (χ3n) is 5.32. The second-order valence-electron chi connectivity index (χ2n) is 7.23. The molecular weight excluding hydrogens is 360 g/mol. The van der Waals surface area contributed by atoms with Crippen molar-refractivity contribution in [3.63, 3.8) is 0 Å². The largest absolute Gasteiger partial charge is 0.381 e. The molecule has 0 bridgehead atoms. The second kappa shape index (κ2) is 9.14. The number of amides is 2. The molecule has 0 aromatic rings. The number of methoxy groups -OCH3 is 2. The van der Waals surface area contributed by atoms with Gasteiger partial charge in [0, 0.05) is 20.8 Å². The fourth-order valence-corrected chi connectivity index (χ4v) is 5.56. The molecule has 0 spiro atoms. The van der Waals surface area contributed by atoms with E-state index in [0.29, 0.717) is 12.8 Å². The van der Waals surface area contributed by atoms with Crippen molar-refractivity contribution in [1.82, 2.24) is 10.6 Å². The second-order valence-corrected chi connectivity index (χ2v) is 9.53. The van der Waals surface area contributed by atoms with Gasteiger partial charge in [0.15, 0.2) is 15.9 Å². The molecule has 26 heavy (non-hydrogen) atoms. The van der Waals surface area contributed by atoms with E-state index in [9.17, 15) is 18.0 Å². The normalized spacial score (nSPS) is 25.4. The SMILES string of the molecule is COCC(OC)C(=O)NC1(CNC(=O)C2CCCS2(=O)=O)CCCCC1. The van der Waals surface area contributed by atoms with Crippen LogP contribution in [0.3, 0.4) is 0 Å². The molecule has 1 aliphatic carbocycles. The molecule has 150 valence electrons. The van der Waals surface area contributed by atoms with Crippen LogP contribution in [0.25, 0.3) is 0 Å². The monoisotopic (exact) mass is 390 g/mol. The predicted octanol–water partition coefficient (Wildman–Crippen LogP) is 0.160. The van der Waals surface area contributed by atoms with Gasteiger partial charge in [0.25, 0.3) is 5.91 Å². The minimum Gasteiger partial charge on any atom is -0.381 e. The number of hydrogen-bond acceptors (Lipinski definition) is 6. The zero-order valence-corrected chi connectivity index (χ0v) is 16.4. The van der Waals surface area contributed by atoms with E-state index in [1.807, 2.05) is 0 Å². The summed E-state index contributed by atoms with van der Waals surface area (Å²) in [5.74, 6) is -0.666. The first-order chi connectivity index (χ1) is 12.3. The van der Waals surface area contributed by atoms with Crippen molar-refractivity contribution in [2.45, 2.75) is 61.8 Å². The van der Waals surface area contributed by atoms with Gasteiger partial charge in [0.1, 0.15) is 5.25 Å². The minimum atomic E-state index is -3.34. The molecule has 1 heterocycles. The molecule has 1 aliphatic heterocycles. The molecule has 2 rings (SSSR count). The molecule has 0 radical (unpaired) electrons. The van der Waals surface area contributed by atoms with E-state index in [1.54, 1.807) is 0 Å². The molecule has 2 atom stereocenters. The van der Waals surface area contributed by atoms with E-state index < -0.39 is 32.6 Å². The van der Waals surface area contributed by atoms with Crippen molar-refractivity contribution in [3.8, 4) is 0 Å². The van der Waals surface area contributed by atoms with E-state index >= 15 is 0 Å². The van der Waals surface area contributed by atoms with Gasteiger partial charge in [-0.3, -0.25) is 9.59 Å². The fourth-order valence-electron chi connectivity index (χ4n) is 3.77. The molecule has 2 aliphatic rings. The summed E-state index contributed by atoms with van der Waals surface area (Å²) < 4.78 is 34.1. The summed E-state index contributed by atoms with van der Waals surface area (Å²) in [6.45, 7) is 0.373. The highest BCUT2D eigenvalue weighted by Gasteiger charge is 2.40. The van der Waals surface area contributed by atoms with E-state index in [2.05, 4.69) is 10.6 Å².